The van der Waals surface area contributed by atoms with Gasteiger partial charge in [0.1, 0.15) is 18.1 Å². The number of nitriles is 1. The molecule has 1 amide bonds. The highest BCUT2D eigenvalue weighted by atomic mass is 79.9. The third kappa shape index (κ3) is 5.05. The summed E-state index contributed by atoms with van der Waals surface area (Å²) in [5, 5.41) is 24.0. The summed E-state index contributed by atoms with van der Waals surface area (Å²) in [4.78, 5) is 20.9. The second-order valence-electron chi connectivity index (χ2n) is 7.08. The molecule has 0 radical (unpaired) electrons. The maximum Gasteiger partial charge on any atom is 0.252 e. The standard InChI is InChI=1S/C23H19BrN8O/c1-32-21(30-31-22(32)19-9-10-26-14-28-19)13-27-16-6-4-5-15(11-16)23(33)29-20(12-25)17-7-2-3-8-18(17)24/h2-11,14,20,27H,13H2,1H3,(H,29,33)/t20-/m0/s1. The zero-order valence-corrected chi connectivity index (χ0v) is 19.2. The zero-order valence-electron chi connectivity index (χ0n) is 17.6. The lowest BCUT2D eigenvalue weighted by Crippen LogP contribution is -2.27. The number of aromatic nitrogens is 5. The molecule has 1 atom stereocenters. The van der Waals surface area contributed by atoms with Crippen LogP contribution in [0.15, 0.2) is 71.6 Å². The molecule has 0 saturated heterocycles. The minimum atomic E-state index is -0.774. The van der Waals surface area contributed by atoms with Gasteiger partial charge in [-0.25, -0.2) is 9.97 Å². The van der Waals surface area contributed by atoms with Gasteiger partial charge in [-0.3, -0.25) is 4.79 Å². The minimum absolute atomic E-state index is 0.342. The van der Waals surface area contributed by atoms with Crippen molar-refractivity contribution in [2.75, 3.05) is 5.32 Å². The van der Waals surface area contributed by atoms with Crippen molar-refractivity contribution in [3.8, 4) is 17.6 Å². The lowest BCUT2D eigenvalue weighted by molar-refractivity contribution is 0.0945. The molecule has 2 heterocycles. The zero-order chi connectivity index (χ0) is 23.2. The third-order valence-corrected chi connectivity index (χ3v) is 5.69. The summed E-state index contributed by atoms with van der Waals surface area (Å²) >= 11 is 3.43. The van der Waals surface area contributed by atoms with Crippen molar-refractivity contribution in [1.29, 1.82) is 5.26 Å². The van der Waals surface area contributed by atoms with E-state index in [1.54, 1.807) is 36.5 Å². The van der Waals surface area contributed by atoms with E-state index in [1.165, 1.54) is 6.33 Å². The Kier molecular flexibility index (Phi) is 6.71. The molecule has 0 aliphatic heterocycles. The monoisotopic (exact) mass is 502 g/mol. The maximum atomic E-state index is 12.8. The number of nitrogens with zero attached hydrogens (tertiary/aromatic N) is 6. The topological polar surface area (TPSA) is 121 Å². The first-order valence-corrected chi connectivity index (χ1v) is 10.8. The lowest BCUT2D eigenvalue weighted by atomic mass is 10.1. The van der Waals surface area contributed by atoms with Crippen LogP contribution >= 0.6 is 15.9 Å². The van der Waals surface area contributed by atoms with Crippen LogP contribution in [0.4, 0.5) is 5.69 Å². The fourth-order valence-electron chi connectivity index (χ4n) is 3.22. The fraction of sp³-hybridized carbons (Fsp3) is 0.130. The van der Waals surface area contributed by atoms with Gasteiger partial charge in [0.15, 0.2) is 11.6 Å². The van der Waals surface area contributed by atoms with Gasteiger partial charge in [-0.1, -0.05) is 40.2 Å². The largest absolute Gasteiger partial charge is 0.378 e. The number of carbonyl (C=O) groups is 1. The second kappa shape index (κ2) is 10.0. The van der Waals surface area contributed by atoms with E-state index in [1.807, 2.05) is 35.9 Å². The molecule has 2 aromatic carbocycles. The van der Waals surface area contributed by atoms with E-state index in [0.717, 1.165) is 10.2 Å². The average molecular weight is 503 g/mol. The Hall–Kier alpha value is -4.10. The number of carbonyl (C=O) groups excluding carboxylic acids is 1. The van der Waals surface area contributed by atoms with Crippen molar-refractivity contribution in [2.24, 2.45) is 7.05 Å². The molecule has 0 aliphatic carbocycles. The van der Waals surface area contributed by atoms with Crippen molar-refractivity contribution in [2.45, 2.75) is 12.6 Å². The Balaban J connectivity index is 1.44. The van der Waals surface area contributed by atoms with Crippen LogP contribution in [-0.4, -0.2) is 30.6 Å². The van der Waals surface area contributed by atoms with Crippen LogP contribution < -0.4 is 10.6 Å². The number of rotatable bonds is 7. The van der Waals surface area contributed by atoms with Crippen molar-refractivity contribution in [3.63, 3.8) is 0 Å². The van der Waals surface area contributed by atoms with Gasteiger partial charge in [0.2, 0.25) is 0 Å². The highest BCUT2D eigenvalue weighted by molar-refractivity contribution is 9.10. The summed E-state index contributed by atoms with van der Waals surface area (Å²) < 4.78 is 2.61. The van der Waals surface area contributed by atoms with Gasteiger partial charge in [0.25, 0.3) is 5.91 Å². The highest BCUT2D eigenvalue weighted by Gasteiger charge is 2.18. The Morgan fingerprint density at radius 3 is 2.79 bits per heavy atom. The molecule has 0 aliphatic rings. The molecular formula is C23H19BrN8O. The van der Waals surface area contributed by atoms with Crippen LogP contribution in [0, 0.1) is 11.3 Å². The van der Waals surface area contributed by atoms with Gasteiger partial charge in [0.05, 0.1) is 12.6 Å². The van der Waals surface area contributed by atoms with E-state index in [0.29, 0.717) is 35.0 Å². The first-order chi connectivity index (χ1) is 16.1. The molecule has 4 aromatic rings. The van der Waals surface area contributed by atoms with Crippen LogP contribution in [0.25, 0.3) is 11.5 Å². The van der Waals surface area contributed by atoms with E-state index in [2.05, 4.69) is 52.8 Å². The summed E-state index contributed by atoms with van der Waals surface area (Å²) in [7, 11) is 1.86. The van der Waals surface area contributed by atoms with Crippen molar-refractivity contribution in [3.05, 3.63) is 88.5 Å². The molecule has 4 rings (SSSR count). The molecule has 9 nitrogen and oxygen atoms in total. The predicted octanol–water partition coefficient (Wildman–Crippen LogP) is 3.64. The molecule has 2 N–H and O–H groups in total. The number of benzene rings is 2. The van der Waals surface area contributed by atoms with Gasteiger partial charge < -0.3 is 15.2 Å². The summed E-state index contributed by atoms with van der Waals surface area (Å²) in [5.74, 6) is 1.000. The summed E-state index contributed by atoms with van der Waals surface area (Å²) in [6.45, 7) is 0.400. The minimum Gasteiger partial charge on any atom is -0.378 e. The lowest BCUT2D eigenvalue weighted by Gasteiger charge is -2.14. The Labute approximate surface area is 198 Å². The number of amides is 1. The summed E-state index contributed by atoms with van der Waals surface area (Å²) in [6, 6.07) is 17.5. The number of hydrogen-bond donors (Lipinski definition) is 2. The quantitative estimate of drug-likeness (QED) is 0.395. The first kappa shape index (κ1) is 22.1. The molecule has 164 valence electrons. The summed E-state index contributed by atoms with van der Waals surface area (Å²) in [6.07, 6.45) is 3.12. The van der Waals surface area contributed by atoms with Crippen molar-refractivity contribution in [1.82, 2.24) is 30.0 Å². The molecular weight excluding hydrogens is 484 g/mol. The number of nitrogens with one attached hydrogen (secondary N) is 2. The Bertz CT molecular complexity index is 1320. The second-order valence-corrected chi connectivity index (χ2v) is 7.94. The summed E-state index contributed by atoms with van der Waals surface area (Å²) in [5.41, 5.74) is 2.56. The molecule has 0 bridgehead atoms. The first-order valence-electron chi connectivity index (χ1n) is 10.0. The van der Waals surface area contributed by atoms with E-state index < -0.39 is 6.04 Å². The van der Waals surface area contributed by atoms with Crippen LogP contribution in [0.5, 0.6) is 0 Å². The number of hydrogen-bond acceptors (Lipinski definition) is 7. The third-order valence-electron chi connectivity index (χ3n) is 4.97. The molecule has 10 heteroatoms. The fourth-order valence-corrected chi connectivity index (χ4v) is 3.73. The van der Waals surface area contributed by atoms with Crippen LogP contribution in [0.3, 0.4) is 0 Å². The van der Waals surface area contributed by atoms with Crippen molar-refractivity contribution >= 4 is 27.5 Å². The molecule has 2 aromatic heterocycles. The van der Waals surface area contributed by atoms with Gasteiger partial charge in [-0.05, 0) is 30.3 Å². The van der Waals surface area contributed by atoms with Gasteiger partial charge in [-0.15, -0.1) is 10.2 Å². The normalized spacial score (nSPS) is 11.4. The Morgan fingerprint density at radius 1 is 1.18 bits per heavy atom. The van der Waals surface area contributed by atoms with E-state index in [9.17, 15) is 10.1 Å². The van der Waals surface area contributed by atoms with Crippen LogP contribution in [0.2, 0.25) is 0 Å². The number of halogens is 1. The average Bonchev–Trinajstić information content (AvgIpc) is 3.22. The highest BCUT2D eigenvalue weighted by Crippen LogP contribution is 2.23. The van der Waals surface area contributed by atoms with Crippen LogP contribution in [0.1, 0.15) is 27.8 Å². The van der Waals surface area contributed by atoms with Gasteiger partial charge in [-0.2, -0.15) is 5.26 Å². The Morgan fingerprint density at radius 2 is 2.03 bits per heavy atom. The van der Waals surface area contributed by atoms with Gasteiger partial charge >= 0.3 is 0 Å². The van der Waals surface area contributed by atoms with Crippen molar-refractivity contribution < 1.29 is 4.79 Å². The molecule has 33 heavy (non-hydrogen) atoms. The molecule has 0 spiro atoms. The van der Waals surface area contributed by atoms with Gasteiger partial charge in [0, 0.05) is 34.5 Å². The van der Waals surface area contributed by atoms with E-state index in [-0.39, 0.29) is 5.91 Å². The molecule has 0 fully saturated rings. The number of anilines is 1. The predicted molar refractivity (Wildman–Crippen MR) is 126 cm³/mol. The maximum absolute atomic E-state index is 12.8. The SMILES string of the molecule is Cn1c(CNc2cccc(C(=O)N[C@@H](C#N)c3ccccc3Br)c2)nnc1-c1ccncn1. The molecule has 0 saturated carbocycles. The smallest absolute Gasteiger partial charge is 0.252 e. The van der Waals surface area contributed by atoms with E-state index in [4.69, 9.17) is 0 Å². The van der Waals surface area contributed by atoms with E-state index >= 15 is 0 Å². The van der Waals surface area contributed by atoms with Crippen LogP contribution in [-0.2, 0) is 13.6 Å². The molecule has 0 unspecified atom stereocenters.